The zero-order chi connectivity index (χ0) is 11.4. The van der Waals surface area contributed by atoms with Gasteiger partial charge in [0.05, 0.1) is 0 Å². The summed E-state index contributed by atoms with van der Waals surface area (Å²) >= 11 is 0. The molecule has 0 aromatic carbocycles. The van der Waals surface area contributed by atoms with E-state index >= 15 is 0 Å². The van der Waals surface area contributed by atoms with E-state index in [1.807, 2.05) is 18.3 Å². The summed E-state index contributed by atoms with van der Waals surface area (Å²) in [5, 5.41) is 4.19. The van der Waals surface area contributed by atoms with Crippen LogP contribution >= 0.6 is 0 Å². The predicted octanol–water partition coefficient (Wildman–Crippen LogP) is 1.55. The summed E-state index contributed by atoms with van der Waals surface area (Å²) < 4.78 is 1.78. The van der Waals surface area contributed by atoms with Gasteiger partial charge in [-0.1, -0.05) is 13.0 Å². The molecule has 4 nitrogen and oxygen atoms in total. The molecule has 4 heteroatoms. The number of hydrogen-bond acceptors (Lipinski definition) is 3. The lowest BCUT2D eigenvalue weighted by molar-refractivity contribution is 0.639. The van der Waals surface area contributed by atoms with Crippen molar-refractivity contribution < 1.29 is 0 Å². The van der Waals surface area contributed by atoms with Gasteiger partial charge in [-0.05, 0) is 30.5 Å². The van der Waals surface area contributed by atoms with Gasteiger partial charge >= 0.3 is 0 Å². The minimum atomic E-state index is 0.179. The molecule has 0 saturated heterocycles. The first kappa shape index (κ1) is 10.8. The van der Waals surface area contributed by atoms with Crippen molar-refractivity contribution in [2.45, 2.75) is 25.8 Å². The van der Waals surface area contributed by atoms with E-state index in [9.17, 15) is 0 Å². The summed E-state index contributed by atoms with van der Waals surface area (Å²) in [6.45, 7) is 2.09. The highest BCUT2D eigenvalue weighted by Gasteiger charge is 2.08. The molecule has 2 heterocycles. The molecule has 0 amide bonds. The summed E-state index contributed by atoms with van der Waals surface area (Å²) in [7, 11) is 0. The van der Waals surface area contributed by atoms with Crippen molar-refractivity contribution in [2.75, 3.05) is 0 Å². The van der Waals surface area contributed by atoms with Gasteiger partial charge in [-0.3, -0.25) is 0 Å². The van der Waals surface area contributed by atoms with Crippen LogP contribution in [-0.4, -0.2) is 20.8 Å². The molecule has 0 aliphatic heterocycles. The Hall–Kier alpha value is -1.68. The third-order valence-corrected chi connectivity index (χ3v) is 2.60. The molecule has 0 radical (unpaired) electrons. The number of nitrogens with zero attached hydrogens (tertiary/aromatic N) is 3. The highest BCUT2D eigenvalue weighted by Crippen LogP contribution is 2.12. The van der Waals surface area contributed by atoms with Crippen molar-refractivity contribution in [2.24, 2.45) is 5.73 Å². The Morgan fingerprint density at radius 3 is 2.94 bits per heavy atom. The van der Waals surface area contributed by atoms with E-state index in [1.54, 1.807) is 17.1 Å². The molecule has 0 bridgehead atoms. The van der Waals surface area contributed by atoms with Crippen molar-refractivity contribution in [3.05, 3.63) is 42.4 Å². The van der Waals surface area contributed by atoms with E-state index in [0.717, 1.165) is 24.2 Å². The summed E-state index contributed by atoms with van der Waals surface area (Å²) in [6, 6.07) is 6.06. The Morgan fingerprint density at radius 2 is 2.25 bits per heavy atom. The van der Waals surface area contributed by atoms with Crippen LogP contribution in [-0.2, 0) is 6.42 Å². The number of pyridine rings is 1. The lowest BCUT2D eigenvalue weighted by Gasteiger charge is -2.12. The summed E-state index contributed by atoms with van der Waals surface area (Å²) in [6.07, 6.45) is 7.21. The number of nitrogens with two attached hydrogens (primary N) is 1. The zero-order valence-electron chi connectivity index (χ0n) is 9.37. The van der Waals surface area contributed by atoms with Crippen molar-refractivity contribution in [1.82, 2.24) is 14.8 Å². The molecule has 0 aliphatic carbocycles. The fourth-order valence-electron chi connectivity index (χ4n) is 1.62. The number of hydrogen-bond donors (Lipinski definition) is 1. The maximum atomic E-state index is 5.97. The van der Waals surface area contributed by atoms with Crippen molar-refractivity contribution in [3.63, 3.8) is 0 Å². The van der Waals surface area contributed by atoms with Crippen LogP contribution in [0.15, 0.2) is 36.8 Å². The first-order valence-electron chi connectivity index (χ1n) is 5.50. The molecule has 0 spiro atoms. The van der Waals surface area contributed by atoms with Crippen LogP contribution in [0, 0.1) is 0 Å². The molecule has 2 aromatic rings. The summed E-state index contributed by atoms with van der Waals surface area (Å²) in [4.78, 5) is 4.35. The van der Waals surface area contributed by atoms with Gasteiger partial charge in [-0.15, -0.1) is 0 Å². The minimum Gasteiger partial charge on any atom is -0.327 e. The smallest absolute Gasteiger partial charge is 0.156 e. The zero-order valence-corrected chi connectivity index (χ0v) is 9.37. The first-order valence-corrected chi connectivity index (χ1v) is 5.50. The van der Waals surface area contributed by atoms with E-state index in [4.69, 9.17) is 5.73 Å². The predicted molar refractivity (Wildman–Crippen MR) is 63.3 cm³/mol. The van der Waals surface area contributed by atoms with Gasteiger partial charge in [0.15, 0.2) is 5.82 Å². The molecule has 0 fully saturated rings. The van der Waals surface area contributed by atoms with Gasteiger partial charge in [0.2, 0.25) is 0 Å². The second kappa shape index (κ2) is 4.90. The molecular weight excluding hydrogens is 200 g/mol. The summed E-state index contributed by atoms with van der Waals surface area (Å²) in [5.41, 5.74) is 7.11. The largest absolute Gasteiger partial charge is 0.327 e. The van der Waals surface area contributed by atoms with Gasteiger partial charge < -0.3 is 5.73 Å². The van der Waals surface area contributed by atoms with Crippen LogP contribution in [0.2, 0.25) is 0 Å². The lowest BCUT2D eigenvalue weighted by Crippen LogP contribution is -2.22. The fourth-order valence-corrected chi connectivity index (χ4v) is 1.62. The van der Waals surface area contributed by atoms with Crippen LogP contribution in [0.3, 0.4) is 0 Å². The van der Waals surface area contributed by atoms with Crippen molar-refractivity contribution in [1.29, 1.82) is 0 Å². The van der Waals surface area contributed by atoms with E-state index in [-0.39, 0.29) is 6.04 Å². The molecule has 16 heavy (non-hydrogen) atoms. The summed E-state index contributed by atoms with van der Waals surface area (Å²) in [5.74, 6) is 0.872. The minimum absolute atomic E-state index is 0.179. The molecule has 1 atom stereocenters. The van der Waals surface area contributed by atoms with Crippen LogP contribution in [0.5, 0.6) is 0 Å². The van der Waals surface area contributed by atoms with E-state index in [2.05, 4.69) is 23.1 Å². The SMILES string of the molecule is CCC(N)Cc1cccnc1-n1cccn1. The average Bonchev–Trinajstić information content (AvgIpc) is 2.83. The number of rotatable bonds is 4. The fraction of sp³-hybridized carbons (Fsp3) is 0.333. The molecule has 2 rings (SSSR count). The van der Waals surface area contributed by atoms with Crippen molar-refractivity contribution in [3.8, 4) is 5.82 Å². The van der Waals surface area contributed by atoms with Gasteiger partial charge in [0.1, 0.15) is 0 Å². The molecule has 1 unspecified atom stereocenters. The van der Waals surface area contributed by atoms with E-state index < -0.39 is 0 Å². The van der Waals surface area contributed by atoms with Crippen LogP contribution in [0.1, 0.15) is 18.9 Å². The van der Waals surface area contributed by atoms with Crippen LogP contribution in [0.4, 0.5) is 0 Å². The molecule has 0 aliphatic rings. The third kappa shape index (κ3) is 2.28. The maximum Gasteiger partial charge on any atom is 0.156 e. The Morgan fingerprint density at radius 1 is 1.38 bits per heavy atom. The maximum absolute atomic E-state index is 5.97. The third-order valence-electron chi connectivity index (χ3n) is 2.60. The van der Waals surface area contributed by atoms with Gasteiger partial charge in [-0.2, -0.15) is 5.10 Å². The topological polar surface area (TPSA) is 56.7 Å². The molecule has 2 aromatic heterocycles. The van der Waals surface area contributed by atoms with Crippen LogP contribution < -0.4 is 5.73 Å². The quantitative estimate of drug-likeness (QED) is 0.843. The lowest BCUT2D eigenvalue weighted by atomic mass is 10.1. The second-order valence-electron chi connectivity index (χ2n) is 3.81. The monoisotopic (exact) mass is 216 g/mol. The second-order valence-corrected chi connectivity index (χ2v) is 3.81. The van der Waals surface area contributed by atoms with Gasteiger partial charge in [0.25, 0.3) is 0 Å². The molecule has 2 N–H and O–H groups in total. The average molecular weight is 216 g/mol. The normalized spacial score (nSPS) is 12.6. The van der Waals surface area contributed by atoms with Gasteiger partial charge in [0, 0.05) is 24.6 Å². The standard InChI is InChI=1S/C12H16N4/c1-2-11(13)9-10-5-3-6-14-12(10)16-8-4-7-15-16/h3-8,11H,2,9,13H2,1H3. The van der Waals surface area contributed by atoms with E-state index in [1.165, 1.54) is 0 Å². The van der Waals surface area contributed by atoms with Gasteiger partial charge in [-0.25, -0.2) is 9.67 Å². The Bertz CT molecular complexity index is 436. The Kier molecular flexibility index (Phi) is 3.31. The highest BCUT2D eigenvalue weighted by atomic mass is 15.3. The first-order chi connectivity index (χ1) is 7.81. The molecule has 0 saturated carbocycles. The van der Waals surface area contributed by atoms with Crippen molar-refractivity contribution >= 4 is 0 Å². The van der Waals surface area contributed by atoms with E-state index in [0.29, 0.717) is 0 Å². The Balaban J connectivity index is 2.31. The molecule has 84 valence electrons. The highest BCUT2D eigenvalue weighted by molar-refractivity contribution is 5.33. The Labute approximate surface area is 95.1 Å². The van der Waals surface area contributed by atoms with Crippen LogP contribution in [0.25, 0.3) is 5.82 Å². The number of aromatic nitrogens is 3. The molecular formula is C12H16N4.